The van der Waals surface area contributed by atoms with Crippen LogP contribution in [0.4, 0.5) is 4.79 Å². The number of hydrogen-bond donors (Lipinski definition) is 20. The van der Waals surface area contributed by atoms with Crippen LogP contribution in [-0.2, 0) is 84.8 Å². The van der Waals surface area contributed by atoms with Crippen LogP contribution in [0.1, 0.15) is 127 Å². The van der Waals surface area contributed by atoms with Crippen LogP contribution in [-0.4, -0.2) is 216 Å². The number of carbonyl (C=O) groups excluding carboxylic acids is 12. The van der Waals surface area contributed by atoms with Gasteiger partial charge in [-0.2, -0.15) is 0 Å². The first-order valence-electron chi connectivity index (χ1n) is 42.3. The quantitative estimate of drug-likeness (QED) is 0.0147. The zero-order chi connectivity index (χ0) is 95.3. The minimum absolute atomic E-state index is 0.000393. The lowest BCUT2D eigenvalue weighted by Crippen LogP contribution is -2.61. The average Bonchev–Trinajstić information content (AvgIpc) is 1.61. The number of nitrogens with one attached hydrogen (secondary N) is 10. The molecule has 1 aliphatic heterocycles. The molecule has 24 N–H and O–H groups in total. The van der Waals surface area contributed by atoms with Crippen molar-refractivity contribution in [3.63, 3.8) is 0 Å². The van der Waals surface area contributed by atoms with Gasteiger partial charge in [-0.1, -0.05) is 147 Å². The number of pyridine rings is 1. The van der Waals surface area contributed by atoms with Gasteiger partial charge in [0.25, 0.3) is 0 Å². The molecule has 1 saturated heterocycles. The van der Waals surface area contributed by atoms with Crippen LogP contribution in [0.3, 0.4) is 0 Å². The number of carboxylic acid groups (broad SMARTS) is 2. The highest BCUT2D eigenvalue weighted by atomic mass is 35.5. The number of aromatic hydroxyl groups is 3. The number of guanidine groups is 1. The predicted octanol–water partition coefficient (Wildman–Crippen LogP) is 3.68. The number of primary amides is 2. The van der Waals surface area contributed by atoms with Gasteiger partial charge in [-0.05, 0) is 160 Å². The van der Waals surface area contributed by atoms with Gasteiger partial charge >= 0.3 is 18.0 Å². The maximum absolute atomic E-state index is 14.9. The maximum Gasteiger partial charge on any atom is 0.340 e. The van der Waals surface area contributed by atoms with Crippen LogP contribution < -0.4 is 76.1 Å². The maximum atomic E-state index is 14.9. The average molecular weight is 1820 g/mol. The third-order valence-electron chi connectivity index (χ3n) is 21.8. The molecule has 9 aromatic rings. The SMILES string of the molecule is CC(=O)N[C@H](Cc1cccc2ccccc12)C(=O)N[C@H](Cc1ccc(Cl)cc1)C(=O)N[C@H](Cc1cccnc1)C(=O)N[C@@H](CO)C(=O)N[C@@H](Cc1ccc(O)cc1)C(=O)N[C@H](CCCNC(N)=O)C(=O)N[C@@H](CC(C)C)C(=O)N[C@@H](CCCN=C(N)N)C(=O)N1CCC[C@H]1C(=O)N[C@H](C)C(N)=O.O=C(O)c1cc2ccccc2c(Cc2cc3ccccc3c(C(=O)O)c2O)c1O. The topological polar surface area (TPSA) is 613 Å². The molecule has 8 aromatic carbocycles. The van der Waals surface area contributed by atoms with Gasteiger partial charge in [-0.15, -0.1) is 0 Å². The number of aromatic carboxylic acids is 2. The number of nitrogens with zero attached hydrogens (tertiary/aromatic N) is 3. The fraction of sp³-hybridized carbons (Fsp3) is 0.333. The summed E-state index contributed by atoms with van der Waals surface area (Å²) in [6.45, 7) is 5.15. The molecule has 1 aromatic heterocycles. The number of aliphatic hydroxyl groups excluding tert-OH is 1. The van der Waals surface area contributed by atoms with Gasteiger partial charge in [-0.25, -0.2) is 14.4 Å². The van der Waals surface area contributed by atoms with Crippen molar-refractivity contribution in [1.82, 2.24) is 63.1 Å². The second-order valence-electron chi connectivity index (χ2n) is 32.0. The van der Waals surface area contributed by atoms with E-state index in [0.29, 0.717) is 55.2 Å². The number of carbonyl (C=O) groups is 14. The number of urea groups is 1. The van der Waals surface area contributed by atoms with Crippen molar-refractivity contribution in [2.45, 2.75) is 165 Å². The van der Waals surface area contributed by atoms with Crippen LogP contribution in [0, 0.1) is 5.92 Å². The van der Waals surface area contributed by atoms with E-state index in [0.717, 1.165) is 16.3 Å². The highest BCUT2D eigenvalue weighted by Gasteiger charge is 2.41. The Hall–Kier alpha value is -15.0. The number of rotatable bonds is 42. The Kier molecular flexibility index (Phi) is 36.3. The van der Waals surface area contributed by atoms with E-state index in [1.54, 1.807) is 105 Å². The van der Waals surface area contributed by atoms with Crippen LogP contribution in [0.15, 0.2) is 181 Å². The Morgan fingerprint density at radius 1 is 0.511 bits per heavy atom. The first-order valence-corrected chi connectivity index (χ1v) is 42.7. The van der Waals surface area contributed by atoms with E-state index >= 15 is 0 Å². The summed E-state index contributed by atoms with van der Waals surface area (Å²) in [4.78, 5) is 200. The van der Waals surface area contributed by atoms with Gasteiger partial charge in [0.05, 0.1) is 6.61 Å². The first kappa shape index (κ1) is 99.8. The molecule has 13 amide bonds. The molecule has 10 rings (SSSR count). The second-order valence-corrected chi connectivity index (χ2v) is 32.5. The molecular weight excluding hydrogens is 1710 g/mol. The number of nitrogens with two attached hydrogens (primary N) is 4. The lowest BCUT2D eigenvalue weighted by Gasteiger charge is -2.31. The molecule has 0 aliphatic carbocycles. The molecule has 0 unspecified atom stereocenters. The predicted molar refractivity (Wildman–Crippen MR) is 486 cm³/mol. The van der Waals surface area contributed by atoms with Crippen molar-refractivity contribution >= 4 is 133 Å². The van der Waals surface area contributed by atoms with Gasteiger partial charge < -0.3 is 112 Å². The molecule has 0 saturated carbocycles. The monoisotopic (exact) mass is 1820 g/mol. The number of aliphatic hydroxyl groups is 1. The highest BCUT2D eigenvalue weighted by molar-refractivity contribution is 6.30. The summed E-state index contributed by atoms with van der Waals surface area (Å²) >= 11 is 6.23. The van der Waals surface area contributed by atoms with E-state index in [2.05, 4.69) is 63.1 Å². The van der Waals surface area contributed by atoms with Gasteiger partial charge in [0, 0.05) is 81.6 Å². The number of hydrogen-bond acceptors (Lipinski definition) is 20. The lowest BCUT2D eigenvalue weighted by atomic mass is 9.91. The molecule has 692 valence electrons. The van der Waals surface area contributed by atoms with Gasteiger partial charge in [0.15, 0.2) is 5.96 Å². The van der Waals surface area contributed by atoms with E-state index in [-0.39, 0.29) is 125 Å². The minimum atomic E-state index is -1.85. The number of fused-ring (bicyclic) bond motifs is 3. The van der Waals surface area contributed by atoms with Crippen LogP contribution >= 0.6 is 11.6 Å². The molecular formula is C93H108ClN17O20. The summed E-state index contributed by atoms with van der Waals surface area (Å²) in [6.07, 6.45) is 2.66. The molecule has 1 aliphatic rings. The van der Waals surface area contributed by atoms with E-state index < -0.39 is 161 Å². The van der Waals surface area contributed by atoms with E-state index in [9.17, 15) is 97.8 Å². The minimum Gasteiger partial charge on any atom is -0.508 e. The molecule has 2 heterocycles. The zero-order valence-corrected chi connectivity index (χ0v) is 73.1. The first-order chi connectivity index (χ1) is 62.5. The summed E-state index contributed by atoms with van der Waals surface area (Å²) in [5, 5.41) is 92.1. The van der Waals surface area contributed by atoms with Crippen molar-refractivity contribution in [1.29, 1.82) is 0 Å². The van der Waals surface area contributed by atoms with Crippen molar-refractivity contribution in [3.8, 4) is 17.2 Å². The van der Waals surface area contributed by atoms with Gasteiger partial charge in [0.1, 0.15) is 88.8 Å². The molecule has 0 bridgehead atoms. The molecule has 1 fully saturated rings. The fourth-order valence-electron chi connectivity index (χ4n) is 15.2. The summed E-state index contributed by atoms with van der Waals surface area (Å²) in [6, 6.07) is 30.1. The normalized spacial score (nSPS) is 14.3. The lowest BCUT2D eigenvalue weighted by molar-refractivity contribution is -0.142. The largest absolute Gasteiger partial charge is 0.508 e. The summed E-state index contributed by atoms with van der Waals surface area (Å²) in [5.41, 5.74) is 24.0. The molecule has 0 radical (unpaired) electrons. The van der Waals surface area contributed by atoms with Crippen LogP contribution in [0.25, 0.3) is 32.3 Å². The summed E-state index contributed by atoms with van der Waals surface area (Å²) in [5.74, 6) is -13.2. The number of phenols is 3. The van der Waals surface area contributed by atoms with Gasteiger partial charge in [0.2, 0.25) is 65.0 Å². The van der Waals surface area contributed by atoms with E-state index in [4.69, 9.17) is 34.5 Å². The Morgan fingerprint density at radius 2 is 1.02 bits per heavy atom. The van der Waals surface area contributed by atoms with Crippen LogP contribution in [0.2, 0.25) is 5.02 Å². The molecule has 37 nitrogen and oxygen atoms in total. The van der Waals surface area contributed by atoms with Crippen molar-refractivity contribution in [2.75, 3.05) is 26.2 Å². The fourth-order valence-corrected chi connectivity index (χ4v) is 15.3. The Labute approximate surface area is 758 Å². The Morgan fingerprint density at radius 3 is 1.59 bits per heavy atom. The Balaban J connectivity index is 0.000000556. The standard InChI is InChI=1S/C70H92ClN17O14.C23H16O6/c1-39(2)32-52(61(94)82-51(18-10-29-77-69(73)74)68(101)88-31-11-19-58(88)67(100)79-40(3)59(72)92)83-60(93)50(17-9-30-78-70(75)102)81-62(95)53(34-43-22-26-48(91)27-23-43)86-66(99)57(38-89)87-64(97)55(35-44-12-8-28-76-37-44)85-63(96)54(33-42-20-24-47(71)25-21-42)84-65(98)56(80-41(4)90)36-46-15-7-14-45-13-5-6-16-49(45)46;24-20-14(9-12-5-2-4-8-16(12)19(20)23(28)29)11-17-15-7-3-1-6-13(15)10-18(21(17)25)22(26)27/h5-8,12-16,20-28,37,39-40,50-58,89,91H,9-11,17-19,29-36,38H2,1-4H3,(H2,72,92)(H,79,100)(H,80,90)(H,81,95)(H,82,94)(H,83,93)(H,84,98)(H,85,96)(H,86,99)(H,87,97)(H4,73,74,77)(H3,75,78,102);1-10,24-25H,11H2,(H,26,27)(H,28,29)/t40-,50-,51+,52+,53+,54-,55-,56-,57+,58+;/m1./s1. The van der Waals surface area contributed by atoms with E-state index in [1.165, 1.54) is 61.5 Å². The number of halogens is 1. The number of phenolic OH excluding ortho intramolecular Hbond substituents is 1. The summed E-state index contributed by atoms with van der Waals surface area (Å²) < 4.78 is 0. The Bertz CT molecular complexity index is 5680. The van der Waals surface area contributed by atoms with Crippen molar-refractivity contribution < 1.29 is 97.8 Å². The summed E-state index contributed by atoms with van der Waals surface area (Å²) in [7, 11) is 0. The van der Waals surface area contributed by atoms with Crippen molar-refractivity contribution in [2.24, 2.45) is 33.8 Å². The third-order valence-corrected chi connectivity index (χ3v) is 22.0. The number of carboxylic acids is 2. The van der Waals surface area contributed by atoms with Crippen molar-refractivity contribution in [3.05, 3.63) is 226 Å². The van der Waals surface area contributed by atoms with Crippen LogP contribution in [0.5, 0.6) is 17.2 Å². The number of benzene rings is 8. The molecule has 131 heavy (non-hydrogen) atoms. The zero-order valence-electron chi connectivity index (χ0n) is 72.3. The number of likely N-dealkylation sites (tertiary alicyclic amines) is 1. The molecule has 0 spiro atoms. The molecule has 38 heteroatoms. The third kappa shape index (κ3) is 28.7. The van der Waals surface area contributed by atoms with Gasteiger partial charge in [-0.3, -0.25) is 62.7 Å². The second kappa shape index (κ2) is 47.7. The molecule has 10 atom stereocenters. The number of aliphatic imine (C=N–C) groups is 1. The number of aromatic nitrogens is 1. The highest BCUT2D eigenvalue weighted by Crippen LogP contribution is 2.39. The smallest absolute Gasteiger partial charge is 0.340 e. The van der Waals surface area contributed by atoms with E-state index in [1.807, 2.05) is 42.5 Å². The number of amides is 13.